The van der Waals surface area contributed by atoms with Gasteiger partial charge in [-0.2, -0.15) is 0 Å². The highest BCUT2D eigenvalue weighted by molar-refractivity contribution is 7.16. The molecule has 1 atom stereocenters. The van der Waals surface area contributed by atoms with Gasteiger partial charge >= 0.3 is 0 Å². The van der Waals surface area contributed by atoms with E-state index < -0.39 is 11.0 Å². The van der Waals surface area contributed by atoms with E-state index in [0.717, 1.165) is 0 Å². The zero-order valence-corrected chi connectivity index (χ0v) is 12.1. The van der Waals surface area contributed by atoms with Crippen LogP contribution < -0.4 is 5.56 Å². The maximum absolute atomic E-state index is 12.2. The highest BCUT2D eigenvalue weighted by atomic mass is 32.1. The Labute approximate surface area is 128 Å². The summed E-state index contributed by atoms with van der Waals surface area (Å²) in [6, 6.07) is 7.41. The van der Waals surface area contributed by atoms with E-state index >= 15 is 0 Å². The van der Waals surface area contributed by atoms with Crippen LogP contribution in [-0.4, -0.2) is 19.6 Å². The fraction of sp³-hybridized carbons (Fsp3) is 0.143. The minimum Gasteiger partial charge on any atom is -0.387 e. The Kier molecular flexibility index (Phi) is 3.70. The van der Waals surface area contributed by atoms with Gasteiger partial charge in [0.1, 0.15) is 4.83 Å². The third kappa shape index (κ3) is 2.61. The van der Waals surface area contributed by atoms with E-state index in [-0.39, 0.29) is 17.8 Å². The second-order valence-electron chi connectivity index (χ2n) is 4.71. The zero-order chi connectivity index (χ0) is 15.7. The molecule has 112 valence electrons. The third-order valence-corrected chi connectivity index (χ3v) is 4.11. The van der Waals surface area contributed by atoms with Gasteiger partial charge in [-0.05, 0) is 17.0 Å². The number of benzene rings is 1. The van der Waals surface area contributed by atoms with Crippen LogP contribution in [0.5, 0.6) is 0 Å². The van der Waals surface area contributed by atoms with Gasteiger partial charge in [0.15, 0.2) is 0 Å². The second kappa shape index (κ2) is 5.66. The molecule has 2 heterocycles. The lowest BCUT2D eigenvalue weighted by molar-refractivity contribution is -0.385. The second-order valence-corrected chi connectivity index (χ2v) is 5.60. The van der Waals surface area contributed by atoms with Crippen molar-refractivity contribution in [3.63, 3.8) is 0 Å². The molecule has 0 aliphatic heterocycles. The number of non-ortho nitro benzene ring substituents is 1. The minimum absolute atomic E-state index is 0.0151. The summed E-state index contributed by atoms with van der Waals surface area (Å²) < 4.78 is 1.30. The first-order valence-electron chi connectivity index (χ1n) is 6.41. The topological polar surface area (TPSA) is 98.3 Å². The molecule has 3 rings (SSSR count). The number of fused-ring (bicyclic) bond motifs is 1. The summed E-state index contributed by atoms with van der Waals surface area (Å²) in [5.74, 6) is 0. The van der Waals surface area contributed by atoms with Gasteiger partial charge in [0, 0.05) is 12.1 Å². The van der Waals surface area contributed by atoms with E-state index in [1.165, 1.54) is 40.4 Å². The maximum atomic E-state index is 12.2. The Morgan fingerprint density at radius 1 is 1.41 bits per heavy atom. The van der Waals surface area contributed by atoms with Gasteiger partial charge in [-0.3, -0.25) is 19.5 Å². The van der Waals surface area contributed by atoms with Crippen molar-refractivity contribution in [1.29, 1.82) is 0 Å². The number of aromatic nitrogens is 2. The first kappa shape index (κ1) is 14.4. The Balaban J connectivity index is 1.91. The van der Waals surface area contributed by atoms with Gasteiger partial charge in [0.25, 0.3) is 11.2 Å². The first-order valence-corrected chi connectivity index (χ1v) is 7.29. The van der Waals surface area contributed by atoms with Crippen LogP contribution >= 0.6 is 11.3 Å². The van der Waals surface area contributed by atoms with Crippen molar-refractivity contribution in [2.75, 3.05) is 0 Å². The monoisotopic (exact) mass is 317 g/mol. The third-order valence-electron chi connectivity index (χ3n) is 3.29. The average molecular weight is 317 g/mol. The molecule has 1 aromatic carbocycles. The standard InChI is InChI=1S/C14H11N3O4S/c18-12(9-2-1-3-10(6-9)17(20)21)7-16-8-15-13-11(14(16)19)4-5-22-13/h1-6,8,12,18H,7H2. The lowest BCUT2D eigenvalue weighted by atomic mass is 10.1. The number of nitrogens with zero attached hydrogens (tertiary/aromatic N) is 3. The summed E-state index contributed by atoms with van der Waals surface area (Å²) in [4.78, 5) is 27.3. The summed E-state index contributed by atoms with van der Waals surface area (Å²) in [6.45, 7) is -0.0151. The van der Waals surface area contributed by atoms with Crippen molar-refractivity contribution in [3.05, 3.63) is 68.1 Å². The normalized spacial score (nSPS) is 12.4. The quantitative estimate of drug-likeness (QED) is 0.587. The van der Waals surface area contributed by atoms with E-state index in [4.69, 9.17) is 0 Å². The van der Waals surface area contributed by atoms with Crippen LogP contribution in [-0.2, 0) is 6.54 Å². The summed E-state index contributed by atoms with van der Waals surface area (Å²) in [7, 11) is 0. The van der Waals surface area contributed by atoms with E-state index in [1.807, 2.05) is 0 Å². The Morgan fingerprint density at radius 2 is 2.23 bits per heavy atom. The molecular formula is C14H11N3O4S. The van der Waals surface area contributed by atoms with Crippen molar-refractivity contribution < 1.29 is 10.0 Å². The molecule has 8 heteroatoms. The van der Waals surface area contributed by atoms with Crippen molar-refractivity contribution in [3.8, 4) is 0 Å². The van der Waals surface area contributed by atoms with Gasteiger partial charge in [-0.15, -0.1) is 11.3 Å². The molecule has 0 saturated heterocycles. The fourth-order valence-electron chi connectivity index (χ4n) is 2.16. The highest BCUT2D eigenvalue weighted by Crippen LogP contribution is 2.20. The molecule has 2 aromatic heterocycles. The lowest BCUT2D eigenvalue weighted by Crippen LogP contribution is -2.23. The predicted octanol–water partition coefficient (Wildman–Crippen LogP) is 2.10. The van der Waals surface area contributed by atoms with Gasteiger partial charge in [0.05, 0.1) is 29.3 Å². The number of rotatable bonds is 4. The number of nitro groups is 1. The SMILES string of the molecule is O=c1c2ccsc2ncn1CC(O)c1cccc([N+](=O)[O-])c1. The number of hydrogen-bond donors (Lipinski definition) is 1. The molecule has 0 bridgehead atoms. The zero-order valence-electron chi connectivity index (χ0n) is 11.2. The number of thiophene rings is 1. The van der Waals surface area contributed by atoms with E-state index in [1.54, 1.807) is 17.5 Å². The molecule has 1 unspecified atom stereocenters. The van der Waals surface area contributed by atoms with E-state index in [9.17, 15) is 20.0 Å². The molecule has 0 amide bonds. The van der Waals surface area contributed by atoms with Crippen molar-refractivity contribution in [1.82, 2.24) is 9.55 Å². The molecular weight excluding hydrogens is 306 g/mol. The van der Waals surface area contributed by atoms with E-state index in [0.29, 0.717) is 15.8 Å². The van der Waals surface area contributed by atoms with Crippen molar-refractivity contribution in [2.24, 2.45) is 0 Å². The van der Waals surface area contributed by atoms with Crippen LogP contribution in [0.25, 0.3) is 10.2 Å². The number of hydrogen-bond acceptors (Lipinski definition) is 6. The summed E-state index contributed by atoms with van der Waals surface area (Å²) in [5, 5.41) is 23.3. The molecule has 0 aliphatic rings. The van der Waals surface area contributed by atoms with Crippen LogP contribution in [0.4, 0.5) is 5.69 Å². The molecule has 0 spiro atoms. The van der Waals surface area contributed by atoms with Gasteiger partial charge < -0.3 is 5.11 Å². The van der Waals surface area contributed by atoms with Crippen molar-refractivity contribution in [2.45, 2.75) is 12.6 Å². The summed E-state index contributed by atoms with van der Waals surface area (Å²) >= 11 is 1.37. The largest absolute Gasteiger partial charge is 0.387 e. The van der Waals surface area contributed by atoms with Gasteiger partial charge in [-0.1, -0.05) is 12.1 Å². The number of aliphatic hydroxyl groups excluding tert-OH is 1. The smallest absolute Gasteiger partial charge is 0.269 e. The molecule has 1 N–H and O–H groups in total. The van der Waals surface area contributed by atoms with Crippen LogP contribution in [0.1, 0.15) is 11.7 Å². The van der Waals surface area contributed by atoms with Gasteiger partial charge in [0.2, 0.25) is 0 Å². The number of nitro benzene ring substituents is 1. The Hall–Kier alpha value is -2.58. The highest BCUT2D eigenvalue weighted by Gasteiger charge is 2.14. The Bertz CT molecular complexity index is 902. The first-order chi connectivity index (χ1) is 10.6. The van der Waals surface area contributed by atoms with Crippen LogP contribution in [0.2, 0.25) is 0 Å². The van der Waals surface area contributed by atoms with E-state index in [2.05, 4.69) is 4.98 Å². The minimum atomic E-state index is -1.03. The lowest BCUT2D eigenvalue weighted by Gasteiger charge is -2.12. The molecule has 0 saturated carbocycles. The van der Waals surface area contributed by atoms with Crippen LogP contribution in [0.3, 0.4) is 0 Å². The summed E-state index contributed by atoms with van der Waals surface area (Å²) in [6.07, 6.45) is 0.345. The predicted molar refractivity (Wildman–Crippen MR) is 81.9 cm³/mol. The van der Waals surface area contributed by atoms with Crippen LogP contribution in [0, 0.1) is 10.1 Å². The summed E-state index contributed by atoms with van der Waals surface area (Å²) in [5.41, 5.74) is 0.0394. The Morgan fingerprint density at radius 3 is 3.00 bits per heavy atom. The average Bonchev–Trinajstić information content (AvgIpc) is 2.99. The molecule has 7 nitrogen and oxygen atoms in total. The molecule has 0 aliphatic carbocycles. The van der Waals surface area contributed by atoms with Crippen LogP contribution in [0.15, 0.2) is 46.8 Å². The molecule has 3 aromatic rings. The van der Waals surface area contributed by atoms with Crippen molar-refractivity contribution >= 4 is 27.2 Å². The number of aliphatic hydroxyl groups is 1. The maximum Gasteiger partial charge on any atom is 0.269 e. The molecule has 0 fully saturated rings. The van der Waals surface area contributed by atoms with Gasteiger partial charge in [-0.25, -0.2) is 4.98 Å². The fourth-order valence-corrected chi connectivity index (χ4v) is 2.88. The molecule has 22 heavy (non-hydrogen) atoms. The molecule has 0 radical (unpaired) electrons.